The molecule has 0 saturated carbocycles. The summed E-state index contributed by atoms with van der Waals surface area (Å²) < 4.78 is 26.5. The molecular formula is C22H22F2N4. The molecule has 3 aromatic rings. The van der Waals surface area contributed by atoms with E-state index in [2.05, 4.69) is 44.5 Å². The second kappa shape index (κ2) is 8.33. The highest BCUT2D eigenvalue weighted by Crippen LogP contribution is 2.25. The average molecular weight is 380 g/mol. The van der Waals surface area contributed by atoms with E-state index in [1.54, 1.807) is 6.20 Å². The molecule has 0 bridgehead atoms. The Balaban J connectivity index is 1.37. The molecule has 2 aromatic carbocycles. The minimum absolute atomic E-state index is 0.370. The number of nitrogens with zero attached hydrogens (tertiary/aromatic N) is 3. The summed E-state index contributed by atoms with van der Waals surface area (Å²) in [7, 11) is 0. The lowest BCUT2D eigenvalue weighted by Gasteiger charge is -2.33. The molecule has 144 valence electrons. The van der Waals surface area contributed by atoms with Crippen molar-refractivity contribution in [3.63, 3.8) is 0 Å². The van der Waals surface area contributed by atoms with E-state index in [-0.39, 0.29) is 0 Å². The largest absolute Gasteiger partial charge is 0.356 e. The molecule has 0 spiro atoms. The Hall–Kier alpha value is -3.02. The van der Waals surface area contributed by atoms with Crippen molar-refractivity contribution >= 4 is 17.5 Å². The van der Waals surface area contributed by atoms with Crippen LogP contribution in [0.4, 0.5) is 26.2 Å². The third-order valence-electron chi connectivity index (χ3n) is 5.12. The van der Waals surface area contributed by atoms with Crippen LogP contribution in [0.25, 0.3) is 0 Å². The number of hydrogen-bond donors (Lipinski definition) is 1. The quantitative estimate of drug-likeness (QED) is 0.679. The van der Waals surface area contributed by atoms with Crippen LogP contribution in [-0.4, -0.2) is 23.1 Å². The highest BCUT2D eigenvalue weighted by Gasteiger charge is 2.20. The first-order valence-electron chi connectivity index (χ1n) is 9.51. The van der Waals surface area contributed by atoms with Gasteiger partial charge in [0.2, 0.25) is 5.95 Å². The lowest BCUT2D eigenvalue weighted by Crippen LogP contribution is -2.35. The van der Waals surface area contributed by atoms with E-state index in [0.29, 0.717) is 17.6 Å². The van der Waals surface area contributed by atoms with Gasteiger partial charge in [0.05, 0.1) is 0 Å². The number of piperidine rings is 1. The smallest absolute Gasteiger partial charge is 0.229 e. The molecule has 0 amide bonds. The molecule has 4 nitrogen and oxygen atoms in total. The summed E-state index contributed by atoms with van der Waals surface area (Å²) in [5.74, 6) is 0.119. The molecule has 0 atom stereocenters. The molecule has 1 aromatic heterocycles. The van der Waals surface area contributed by atoms with Crippen LogP contribution < -0.4 is 10.2 Å². The van der Waals surface area contributed by atoms with Crippen LogP contribution in [0.2, 0.25) is 0 Å². The predicted octanol–water partition coefficient (Wildman–Crippen LogP) is 4.96. The predicted molar refractivity (Wildman–Crippen MR) is 107 cm³/mol. The fourth-order valence-electron chi connectivity index (χ4n) is 3.60. The van der Waals surface area contributed by atoms with Gasteiger partial charge in [-0.05, 0) is 48.9 Å². The van der Waals surface area contributed by atoms with Crippen molar-refractivity contribution in [3.05, 3.63) is 78.0 Å². The highest BCUT2D eigenvalue weighted by atomic mass is 19.2. The van der Waals surface area contributed by atoms with Gasteiger partial charge in [-0.25, -0.2) is 13.8 Å². The second-order valence-electron chi connectivity index (χ2n) is 7.11. The van der Waals surface area contributed by atoms with Crippen molar-refractivity contribution in [3.8, 4) is 0 Å². The molecule has 2 heterocycles. The first-order valence-corrected chi connectivity index (χ1v) is 9.51. The Morgan fingerprint density at radius 2 is 1.75 bits per heavy atom. The summed E-state index contributed by atoms with van der Waals surface area (Å²) in [5.41, 5.74) is 1.80. The van der Waals surface area contributed by atoms with Crippen LogP contribution in [0.3, 0.4) is 0 Å². The number of benzene rings is 2. The Labute approximate surface area is 163 Å². The zero-order valence-corrected chi connectivity index (χ0v) is 15.5. The van der Waals surface area contributed by atoms with Crippen LogP contribution in [0.15, 0.2) is 60.8 Å². The number of aromatic nitrogens is 2. The molecule has 0 aliphatic carbocycles. The highest BCUT2D eigenvalue weighted by molar-refractivity contribution is 5.55. The molecule has 6 heteroatoms. The Morgan fingerprint density at radius 3 is 2.50 bits per heavy atom. The third-order valence-corrected chi connectivity index (χ3v) is 5.12. The van der Waals surface area contributed by atoms with E-state index in [1.165, 1.54) is 11.6 Å². The molecular weight excluding hydrogens is 358 g/mol. The molecule has 1 saturated heterocycles. The van der Waals surface area contributed by atoms with Gasteiger partial charge >= 0.3 is 0 Å². The van der Waals surface area contributed by atoms with Gasteiger partial charge in [-0.1, -0.05) is 30.3 Å². The van der Waals surface area contributed by atoms with Crippen molar-refractivity contribution in [2.75, 3.05) is 23.3 Å². The topological polar surface area (TPSA) is 41.1 Å². The molecule has 0 unspecified atom stereocenters. The Kier molecular flexibility index (Phi) is 5.46. The lowest BCUT2D eigenvalue weighted by molar-refractivity contribution is 0.402. The van der Waals surface area contributed by atoms with Gasteiger partial charge in [-0.3, -0.25) is 0 Å². The van der Waals surface area contributed by atoms with Gasteiger partial charge < -0.3 is 10.2 Å². The number of anilines is 3. The Morgan fingerprint density at radius 1 is 0.964 bits per heavy atom. The first kappa shape index (κ1) is 18.3. The molecule has 1 fully saturated rings. The van der Waals surface area contributed by atoms with Crippen LogP contribution in [-0.2, 0) is 6.42 Å². The van der Waals surface area contributed by atoms with E-state index in [9.17, 15) is 8.78 Å². The van der Waals surface area contributed by atoms with Crippen molar-refractivity contribution in [1.29, 1.82) is 0 Å². The average Bonchev–Trinajstić information content (AvgIpc) is 2.72. The second-order valence-corrected chi connectivity index (χ2v) is 7.11. The van der Waals surface area contributed by atoms with Gasteiger partial charge in [-0.15, -0.1) is 0 Å². The maximum absolute atomic E-state index is 13.4. The van der Waals surface area contributed by atoms with E-state index in [4.69, 9.17) is 0 Å². The number of halogens is 2. The van der Waals surface area contributed by atoms with Gasteiger partial charge in [-0.2, -0.15) is 4.98 Å². The molecule has 0 radical (unpaired) electrons. The summed E-state index contributed by atoms with van der Waals surface area (Å²) in [6.07, 6.45) is 5.03. The summed E-state index contributed by atoms with van der Waals surface area (Å²) in [6.45, 7) is 1.89. The van der Waals surface area contributed by atoms with Gasteiger partial charge in [0.25, 0.3) is 0 Å². The maximum Gasteiger partial charge on any atom is 0.229 e. The summed E-state index contributed by atoms with van der Waals surface area (Å²) in [4.78, 5) is 11.0. The normalized spacial score (nSPS) is 14.9. The standard InChI is InChI=1S/C22H22F2N4/c23-19-7-6-18(15-20(19)24)26-22-25-11-8-21(27-22)28-12-9-17(10-13-28)14-16-4-2-1-3-5-16/h1-8,11,15,17H,9-10,12-14H2,(H,25,26,27). The van der Waals surface area contributed by atoms with E-state index >= 15 is 0 Å². The SMILES string of the molecule is Fc1ccc(Nc2nccc(N3CCC(Cc4ccccc4)CC3)n2)cc1F. The van der Waals surface area contributed by atoms with Crippen molar-refractivity contribution in [2.24, 2.45) is 5.92 Å². The summed E-state index contributed by atoms with van der Waals surface area (Å²) in [5, 5.41) is 2.94. The summed E-state index contributed by atoms with van der Waals surface area (Å²) in [6, 6.07) is 16.1. The lowest BCUT2D eigenvalue weighted by atomic mass is 9.90. The minimum Gasteiger partial charge on any atom is -0.356 e. The zero-order valence-electron chi connectivity index (χ0n) is 15.5. The molecule has 1 N–H and O–H groups in total. The fourth-order valence-corrected chi connectivity index (χ4v) is 3.60. The monoisotopic (exact) mass is 380 g/mol. The number of nitrogens with one attached hydrogen (secondary N) is 1. The van der Waals surface area contributed by atoms with Crippen molar-refractivity contribution in [2.45, 2.75) is 19.3 Å². The molecule has 28 heavy (non-hydrogen) atoms. The van der Waals surface area contributed by atoms with Crippen molar-refractivity contribution < 1.29 is 8.78 Å². The minimum atomic E-state index is -0.901. The van der Waals surface area contributed by atoms with Crippen LogP contribution in [0, 0.1) is 17.6 Å². The van der Waals surface area contributed by atoms with Gasteiger partial charge in [0, 0.05) is 31.0 Å². The molecule has 1 aliphatic heterocycles. The van der Waals surface area contributed by atoms with Crippen molar-refractivity contribution in [1.82, 2.24) is 9.97 Å². The van der Waals surface area contributed by atoms with E-state index < -0.39 is 11.6 Å². The zero-order chi connectivity index (χ0) is 19.3. The maximum atomic E-state index is 13.4. The van der Waals surface area contributed by atoms with Gasteiger partial charge in [0.15, 0.2) is 11.6 Å². The third kappa shape index (κ3) is 4.44. The molecule has 4 rings (SSSR count). The van der Waals surface area contributed by atoms with E-state index in [0.717, 1.165) is 50.3 Å². The molecule has 1 aliphatic rings. The Bertz CT molecular complexity index is 925. The van der Waals surface area contributed by atoms with E-state index in [1.807, 2.05) is 12.1 Å². The van der Waals surface area contributed by atoms with Crippen LogP contribution in [0.1, 0.15) is 18.4 Å². The number of rotatable bonds is 5. The fraction of sp³-hybridized carbons (Fsp3) is 0.273. The van der Waals surface area contributed by atoms with Crippen LogP contribution in [0.5, 0.6) is 0 Å². The van der Waals surface area contributed by atoms with Gasteiger partial charge in [0.1, 0.15) is 5.82 Å². The summed E-state index contributed by atoms with van der Waals surface area (Å²) >= 11 is 0. The number of hydrogen-bond acceptors (Lipinski definition) is 4. The van der Waals surface area contributed by atoms with Crippen LogP contribution >= 0.6 is 0 Å². The first-order chi connectivity index (χ1) is 13.7.